The number of aryl methyl sites for hydroxylation is 1. The molecule has 0 saturated carbocycles. The van der Waals surface area contributed by atoms with Crippen molar-refractivity contribution in [1.29, 1.82) is 0 Å². The molecule has 1 fully saturated rings. The third-order valence-corrected chi connectivity index (χ3v) is 4.17. The van der Waals surface area contributed by atoms with E-state index >= 15 is 0 Å². The molecule has 0 unspecified atom stereocenters. The number of hydrogen-bond acceptors (Lipinski definition) is 4. The van der Waals surface area contributed by atoms with Crippen molar-refractivity contribution in [1.82, 2.24) is 19.7 Å². The summed E-state index contributed by atoms with van der Waals surface area (Å²) >= 11 is 0. The summed E-state index contributed by atoms with van der Waals surface area (Å²) in [5.74, 6) is 0.784. The number of hydrogen-bond donors (Lipinski definition) is 0. The van der Waals surface area contributed by atoms with Gasteiger partial charge in [0.2, 0.25) is 0 Å². The lowest BCUT2D eigenvalue weighted by Crippen LogP contribution is -2.34. The Bertz CT molecular complexity index is 594. The molecule has 6 heteroatoms. The number of anilines is 1. The molecule has 1 aliphatic rings. The first kappa shape index (κ1) is 14.0. The van der Waals surface area contributed by atoms with Gasteiger partial charge in [0, 0.05) is 31.9 Å². The number of rotatable bonds is 4. The first-order chi connectivity index (χ1) is 10.1. The molecule has 112 valence electrons. The molecule has 2 aromatic rings. The standard InChI is InChI=1S/C15H20FN5/c1-19(10-15-18-17-11-20(15)2)14-7-8-21(9-14)13-5-3-12(16)4-6-13/h3-6,11,14H,7-10H2,1-2H3/t14-/m0/s1. The van der Waals surface area contributed by atoms with Crippen LogP contribution in [0.4, 0.5) is 10.1 Å². The predicted molar refractivity (Wildman–Crippen MR) is 79.5 cm³/mol. The van der Waals surface area contributed by atoms with Crippen LogP contribution in [0.25, 0.3) is 0 Å². The Morgan fingerprint density at radius 2 is 2.10 bits per heavy atom. The lowest BCUT2D eigenvalue weighted by molar-refractivity contribution is 0.242. The highest BCUT2D eigenvalue weighted by Crippen LogP contribution is 2.23. The predicted octanol–water partition coefficient (Wildman–Crippen LogP) is 1.66. The maximum absolute atomic E-state index is 13.0. The molecule has 0 radical (unpaired) electrons. The van der Waals surface area contributed by atoms with Gasteiger partial charge in [-0.15, -0.1) is 10.2 Å². The highest BCUT2D eigenvalue weighted by molar-refractivity contribution is 5.47. The van der Waals surface area contributed by atoms with Crippen molar-refractivity contribution in [2.24, 2.45) is 7.05 Å². The van der Waals surface area contributed by atoms with Crippen LogP contribution in [-0.2, 0) is 13.6 Å². The molecular weight excluding hydrogens is 269 g/mol. The molecule has 1 saturated heterocycles. The molecule has 5 nitrogen and oxygen atoms in total. The lowest BCUT2D eigenvalue weighted by Gasteiger charge is -2.24. The van der Waals surface area contributed by atoms with Gasteiger partial charge in [-0.1, -0.05) is 0 Å². The zero-order chi connectivity index (χ0) is 14.8. The summed E-state index contributed by atoms with van der Waals surface area (Å²) in [6, 6.07) is 7.21. The molecular formula is C15H20FN5. The second kappa shape index (κ2) is 5.81. The Morgan fingerprint density at radius 3 is 2.76 bits per heavy atom. The van der Waals surface area contributed by atoms with E-state index in [0.29, 0.717) is 6.04 Å². The Morgan fingerprint density at radius 1 is 1.33 bits per heavy atom. The fraction of sp³-hybridized carbons (Fsp3) is 0.467. The second-order valence-electron chi connectivity index (χ2n) is 5.64. The van der Waals surface area contributed by atoms with Gasteiger partial charge in [0.25, 0.3) is 0 Å². The van der Waals surface area contributed by atoms with E-state index in [1.54, 1.807) is 6.33 Å². The minimum atomic E-state index is -0.186. The van der Waals surface area contributed by atoms with Crippen LogP contribution < -0.4 is 4.90 Å². The van der Waals surface area contributed by atoms with Crippen molar-refractivity contribution >= 4 is 5.69 Å². The summed E-state index contributed by atoms with van der Waals surface area (Å²) in [5.41, 5.74) is 1.09. The molecule has 3 rings (SSSR count). The van der Waals surface area contributed by atoms with Gasteiger partial charge in [-0.05, 0) is 37.7 Å². The smallest absolute Gasteiger partial charge is 0.146 e. The maximum atomic E-state index is 13.0. The molecule has 21 heavy (non-hydrogen) atoms. The number of benzene rings is 1. The van der Waals surface area contributed by atoms with Gasteiger partial charge in [-0.25, -0.2) is 4.39 Å². The van der Waals surface area contributed by atoms with Gasteiger partial charge in [0.1, 0.15) is 18.0 Å². The van der Waals surface area contributed by atoms with Gasteiger partial charge in [-0.2, -0.15) is 0 Å². The Kier molecular flexibility index (Phi) is 3.88. The van der Waals surface area contributed by atoms with Crippen molar-refractivity contribution < 1.29 is 4.39 Å². The molecule has 1 aromatic carbocycles. The van der Waals surface area contributed by atoms with E-state index in [4.69, 9.17) is 0 Å². The van der Waals surface area contributed by atoms with Crippen LogP contribution in [0.3, 0.4) is 0 Å². The fourth-order valence-corrected chi connectivity index (χ4v) is 2.79. The largest absolute Gasteiger partial charge is 0.370 e. The van der Waals surface area contributed by atoms with E-state index in [1.165, 1.54) is 12.1 Å². The van der Waals surface area contributed by atoms with E-state index in [1.807, 2.05) is 23.7 Å². The third-order valence-electron chi connectivity index (χ3n) is 4.17. The quantitative estimate of drug-likeness (QED) is 0.858. The molecule has 0 aliphatic carbocycles. The number of aromatic nitrogens is 3. The van der Waals surface area contributed by atoms with E-state index in [2.05, 4.69) is 27.0 Å². The minimum absolute atomic E-state index is 0.186. The summed E-state index contributed by atoms with van der Waals surface area (Å²) < 4.78 is 14.9. The van der Waals surface area contributed by atoms with Gasteiger partial charge >= 0.3 is 0 Å². The highest BCUT2D eigenvalue weighted by atomic mass is 19.1. The monoisotopic (exact) mass is 289 g/mol. The van der Waals surface area contributed by atoms with Crippen LogP contribution in [0.15, 0.2) is 30.6 Å². The van der Waals surface area contributed by atoms with Gasteiger partial charge in [0.15, 0.2) is 0 Å². The summed E-state index contributed by atoms with van der Waals surface area (Å²) in [4.78, 5) is 4.62. The molecule has 2 heterocycles. The zero-order valence-electron chi connectivity index (χ0n) is 12.4. The molecule has 0 N–H and O–H groups in total. The summed E-state index contributed by atoms with van der Waals surface area (Å²) in [7, 11) is 4.08. The van der Waals surface area contributed by atoms with Gasteiger partial charge in [-0.3, -0.25) is 4.90 Å². The van der Waals surface area contributed by atoms with Gasteiger partial charge < -0.3 is 9.47 Å². The van der Waals surface area contributed by atoms with Crippen LogP contribution >= 0.6 is 0 Å². The first-order valence-electron chi connectivity index (χ1n) is 7.17. The van der Waals surface area contributed by atoms with Crippen LogP contribution in [0.2, 0.25) is 0 Å². The van der Waals surface area contributed by atoms with Crippen molar-refractivity contribution in [2.45, 2.75) is 19.0 Å². The van der Waals surface area contributed by atoms with E-state index < -0.39 is 0 Å². The number of nitrogens with zero attached hydrogens (tertiary/aromatic N) is 5. The minimum Gasteiger partial charge on any atom is -0.370 e. The lowest BCUT2D eigenvalue weighted by atomic mass is 10.2. The summed E-state index contributed by atoms with van der Waals surface area (Å²) in [6.45, 7) is 2.75. The molecule has 1 atom stereocenters. The zero-order valence-corrected chi connectivity index (χ0v) is 12.4. The maximum Gasteiger partial charge on any atom is 0.146 e. The van der Waals surface area contributed by atoms with Crippen LogP contribution in [0.1, 0.15) is 12.2 Å². The summed E-state index contributed by atoms with van der Waals surface area (Å²) in [5, 5.41) is 8.04. The fourth-order valence-electron chi connectivity index (χ4n) is 2.79. The van der Waals surface area contributed by atoms with E-state index in [-0.39, 0.29) is 5.82 Å². The first-order valence-corrected chi connectivity index (χ1v) is 7.17. The van der Waals surface area contributed by atoms with Crippen LogP contribution in [0, 0.1) is 5.82 Å². The number of halogens is 1. The van der Waals surface area contributed by atoms with E-state index in [9.17, 15) is 4.39 Å². The SMILES string of the molecule is CN(Cc1nncn1C)[C@H]1CCN(c2ccc(F)cc2)C1. The summed E-state index contributed by atoms with van der Waals surface area (Å²) in [6.07, 6.45) is 2.83. The normalized spacial score (nSPS) is 18.7. The third kappa shape index (κ3) is 3.05. The number of likely N-dealkylation sites (N-methyl/N-ethyl adjacent to an activating group) is 1. The molecule has 1 aliphatic heterocycles. The molecule has 0 bridgehead atoms. The van der Waals surface area contributed by atoms with Crippen LogP contribution in [-0.4, -0.2) is 45.8 Å². The van der Waals surface area contributed by atoms with Crippen molar-refractivity contribution in [3.05, 3.63) is 42.2 Å². The van der Waals surface area contributed by atoms with E-state index in [0.717, 1.165) is 37.6 Å². The average Bonchev–Trinajstić information content (AvgIpc) is 3.10. The Balaban J connectivity index is 1.61. The molecule has 0 amide bonds. The Labute approximate surface area is 124 Å². The molecule has 1 aromatic heterocycles. The van der Waals surface area contributed by atoms with Crippen molar-refractivity contribution in [2.75, 3.05) is 25.0 Å². The Hall–Kier alpha value is -1.95. The highest BCUT2D eigenvalue weighted by Gasteiger charge is 2.26. The topological polar surface area (TPSA) is 37.2 Å². The second-order valence-corrected chi connectivity index (χ2v) is 5.64. The molecule has 0 spiro atoms. The van der Waals surface area contributed by atoms with Gasteiger partial charge in [0.05, 0.1) is 6.54 Å². The average molecular weight is 289 g/mol. The van der Waals surface area contributed by atoms with Crippen molar-refractivity contribution in [3.8, 4) is 0 Å². The van der Waals surface area contributed by atoms with Crippen LogP contribution in [0.5, 0.6) is 0 Å². The van der Waals surface area contributed by atoms with Crippen molar-refractivity contribution in [3.63, 3.8) is 0 Å².